The van der Waals surface area contributed by atoms with Crippen molar-refractivity contribution in [3.63, 3.8) is 0 Å². The molecule has 2 amide bonds. The zero-order chi connectivity index (χ0) is 31.2. The number of rotatable bonds is 6. The molecule has 2 fully saturated rings. The maximum absolute atomic E-state index is 13.7. The number of likely N-dealkylation sites (tertiary alicyclic amines) is 2. The van der Waals surface area contributed by atoms with Gasteiger partial charge in [-0.3, -0.25) is 14.6 Å². The number of aromatic amines is 1. The van der Waals surface area contributed by atoms with Crippen LogP contribution in [0.25, 0.3) is 22.4 Å². The highest BCUT2D eigenvalue weighted by atomic mass is 16.6. The standard InChI is InChI=1S/C33H38N6O5/c1-32(2,3)44-30(41)33(29(40)36-28(37-33)25-7-5-17-38(25)4)23-15-13-21(14-16-23)20-9-11-22(12-10-20)24-19-34-27(35-24)26-8-6-18-39(26)31(42)43/h9-16,19,25-26H,5-8,17-18H2,1-4H3,(H,34,35)(H,42,43)(H,36,37,40). The van der Waals surface area contributed by atoms with E-state index in [4.69, 9.17) is 9.73 Å². The Morgan fingerprint density at radius 2 is 1.57 bits per heavy atom. The number of esters is 1. The lowest BCUT2D eigenvalue weighted by Gasteiger charge is -2.27. The molecule has 2 saturated heterocycles. The van der Waals surface area contributed by atoms with Gasteiger partial charge in [0, 0.05) is 12.1 Å². The number of amidine groups is 1. The summed E-state index contributed by atoms with van der Waals surface area (Å²) in [6.07, 6.45) is 4.22. The SMILES string of the molecule is CN1CCCC1C1=NC(C(=O)OC(C)(C)C)(c2ccc(-c3ccc(-c4cnc(C5CCCN5C(=O)O)[nH]4)cc3)cc2)C(=O)N1. The van der Waals surface area contributed by atoms with E-state index in [-0.39, 0.29) is 12.1 Å². The van der Waals surface area contributed by atoms with E-state index in [1.807, 2.05) is 43.4 Å². The van der Waals surface area contributed by atoms with E-state index in [0.29, 0.717) is 23.8 Å². The van der Waals surface area contributed by atoms with Gasteiger partial charge in [-0.25, -0.2) is 19.6 Å². The van der Waals surface area contributed by atoms with Gasteiger partial charge >= 0.3 is 12.1 Å². The lowest BCUT2D eigenvalue weighted by Crippen LogP contribution is -2.48. The van der Waals surface area contributed by atoms with E-state index in [9.17, 15) is 19.5 Å². The summed E-state index contributed by atoms with van der Waals surface area (Å²) in [6.45, 7) is 6.74. The molecular weight excluding hydrogens is 560 g/mol. The number of carbonyl (C=O) groups excluding carboxylic acids is 2. The van der Waals surface area contributed by atoms with Gasteiger partial charge in [0.2, 0.25) is 0 Å². The first-order valence-corrected chi connectivity index (χ1v) is 15.1. The number of nitrogens with zero attached hydrogens (tertiary/aromatic N) is 4. The summed E-state index contributed by atoms with van der Waals surface area (Å²) in [5.74, 6) is -0.0358. The second-order valence-electron chi connectivity index (χ2n) is 12.8. The molecule has 3 N–H and O–H groups in total. The molecule has 3 aliphatic rings. The number of H-pyrrole nitrogens is 1. The molecule has 3 unspecified atom stereocenters. The number of carbonyl (C=O) groups is 3. The molecule has 3 aliphatic heterocycles. The number of benzene rings is 2. The molecule has 0 aliphatic carbocycles. The Hall–Kier alpha value is -4.51. The van der Waals surface area contributed by atoms with Gasteiger partial charge in [0.15, 0.2) is 0 Å². The fourth-order valence-electron chi connectivity index (χ4n) is 6.36. The Bertz CT molecular complexity index is 1610. The number of nitrogens with one attached hydrogen (secondary N) is 2. The van der Waals surface area contributed by atoms with Crippen LogP contribution in [0.4, 0.5) is 4.79 Å². The van der Waals surface area contributed by atoms with Crippen LogP contribution < -0.4 is 5.32 Å². The number of hydrogen-bond donors (Lipinski definition) is 3. The van der Waals surface area contributed by atoms with Crippen LogP contribution in [-0.2, 0) is 19.9 Å². The Morgan fingerprint density at radius 1 is 0.955 bits per heavy atom. The fourth-order valence-corrected chi connectivity index (χ4v) is 6.36. The molecule has 3 aromatic rings. The number of aliphatic imine (C=N–C) groups is 1. The lowest BCUT2D eigenvalue weighted by atomic mass is 9.88. The highest BCUT2D eigenvalue weighted by Crippen LogP contribution is 2.37. The molecule has 2 aromatic carbocycles. The van der Waals surface area contributed by atoms with E-state index in [1.165, 1.54) is 4.90 Å². The van der Waals surface area contributed by atoms with Gasteiger partial charge in [0.05, 0.1) is 24.0 Å². The minimum absolute atomic E-state index is 0.0544. The molecule has 44 heavy (non-hydrogen) atoms. The number of ether oxygens (including phenoxy) is 1. The summed E-state index contributed by atoms with van der Waals surface area (Å²) in [5.41, 5.74) is 1.44. The van der Waals surface area contributed by atoms with Crippen molar-refractivity contribution in [1.29, 1.82) is 0 Å². The predicted octanol–water partition coefficient (Wildman–Crippen LogP) is 4.72. The van der Waals surface area contributed by atoms with Crippen molar-refractivity contribution in [1.82, 2.24) is 25.1 Å². The van der Waals surface area contributed by atoms with E-state index in [0.717, 1.165) is 54.6 Å². The average molecular weight is 599 g/mol. The Morgan fingerprint density at radius 3 is 2.18 bits per heavy atom. The van der Waals surface area contributed by atoms with Crippen LogP contribution in [0.2, 0.25) is 0 Å². The summed E-state index contributed by atoms with van der Waals surface area (Å²) in [6, 6.07) is 14.9. The van der Waals surface area contributed by atoms with Gasteiger partial charge in [-0.1, -0.05) is 48.5 Å². The Labute approximate surface area is 256 Å². The first-order valence-electron chi connectivity index (χ1n) is 15.1. The molecule has 4 heterocycles. The molecule has 1 aromatic heterocycles. The summed E-state index contributed by atoms with van der Waals surface area (Å²) >= 11 is 0. The van der Waals surface area contributed by atoms with E-state index in [2.05, 4.69) is 20.2 Å². The third kappa shape index (κ3) is 5.36. The van der Waals surface area contributed by atoms with E-state index >= 15 is 0 Å². The first kappa shape index (κ1) is 29.6. The number of imidazole rings is 1. The van der Waals surface area contributed by atoms with E-state index < -0.39 is 29.1 Å². The topological polar surface area (TPSA) is 140 Å². The smallest absolute Gasteiger partial charge is 0.407 e. The number of carboxylic acid groups (broad SMARTS) is 1. The van der Waals surface area contributed by atoms with Gasteiger partial charge in [-0.2, -0.15) is 0 Å². The van der Waals surface area contributed by atoms with Crippen LogP contribution in [0.5, 0.6) is 0 Å². The van der Waals surface area contributed by atoms with Gasteiger partial charge < -0.3 is 20.1 Å². The normalized spacial score (nSPS) is 24.0. The maximum atomic E-state index is 13.7. The molecule has 0 saturated carbocycles. The van der Waals surface area contributed by atoms with Gasteiger partial charge in [-0.15, -0.1) is 0 Å². The zero-order valence-corrected chi connectivity index (χ0v) is 25.5. The monoisotopic (exact) mass is 598 g/mol. The molecule has 0 spiro atoms. The maximum Gasteiger partial charge on any atom is 0.407 e. The summed E-state index contributed by atoms with van der Waals surface area (Å²) in [7, 11) is 1.99. The van der Waals surface area contributed by atoms with Crippen molar-refractivity contribution < 1.29 is 24.2 Å². The third-order valence-corrected chi connectivity index (χ3v) is 8.63. The van der Waals surface area contributed by atoms with Crippen molar-refractivity contribution >= 4 is 23.8 Å². The average Bonchev–Trinajstić information content (AvgIpc) is 3.78. The Kier molecular flexibility index (Phi) is 7.53. The molecule has 11 nitrogen and oxygen atoms in total. The van der Waals surface area contributed by atoms with Crippen molar-refractivity contribution in [3.8, 4) is 22.4 Å². The van der Waals surface area contributed by atoms with Crippen LogP contribution in [0.3, 0.4) is 0 Å². The van der Waals surface area contributed by atoms with Gasteiger partial charge in [0.25, 0.3) is 11.4 Å². The highest BCUT2D eigenvalue weighted by molar-refractivity contribution is 6.20. The minimum atomic E-state index is -1.82. The van der Waals surface area contributed by atoms with E-state index in [1.54, 1.807) is 39.1 Å². The number of amides is 2. The summed E-state index contributed by atoms with van der Waals surface area (Å²) < 4.78 is 5.75. The molecule has 0 bridgehead atoms. The quantitative estimate of drug-likeness (QED) is 0.276. The molecular formula is C33H38N6O5. The second kappa shape index (κ2) is 11.2. The van der Waals surface area contributed by atoms with Crippen LogP contribution >= 0.6 is 0 Å². The van der Waals surface area contributed by atoms with Crippen LogP contribution in [0.15, 0.2) is 59.7 Å². The number of hydrogen-bond acceptors (Lipinski definition) is 7. The first-order chi connectivity index (χ1) is 21.0. The lowest BCUT2D eigenvalue weighted by molar-refractivity contribution is -0.164. The molecule has 6 rings (SSSR count). The molecule has 11 heteroatoms. The van der Waals surface area contributed by atoms with Gasteiger partial charge in [0.1, 0.15) is 17.3 Å². The number of aromatic nitrogens is 2. The largest absolute Gasteiger partial charge is 0.465 e. The summed E-state index contributed by atoms with van der Waals surface area (Å²) in [5, 5.41) is 12.4. The number of likely N-dealkylation sites (N-methyl/N-ethyl adjacent to an activating group) is 1. The predicted molar refractivity (Wildman–Crippen MR) is 165 cm³/mol. The van der Waals surface area contributed by atoms with Gasteiger partial charge in [-0.05, 0) is 76.7 Å². The minimum Gasteiger partial charge on any atom is -0.465 e. The Balaban J connectivity index is 1.26. The molecule has 230 valence electrons. The van der Waals surface area contributed by atoms with Crippen molar-refractivity contribution in [3.05, 3.63) is 66.1 Å². The van der Waals surface area contributed by atoms with Crippen LogP contribution in [0.1, 0.15) is 63.9 Å². The van der Waals surface area contributed by atoms with Crippen LogP contribution in [0, 0.1) is 0 Å². The van der Waals surface area contributed by atoms with Crippen molar-refractivity contribution in [2.75, 3.05) is 20.1 Å². The van der Waals surface area contributed by atoms with Crippen molar-refractivity contribution in [2.24, 2.45) is 4.99 Å². The summed E-state index contributed by atoms with van der Waals surface area (Å²) in [4.78, 5) is 54.9. The second-order valence-corrected chi connectivity index (χ2v) is 12.8. The molecule has 0 radical (unpaired) electrons. The zero-order valence-electron chi connectivity index (χ0n) is 25.5. The highest BCUT2D eigenvalue weighted by Gasteiger charge is 2.55. The third-order valence-electron chi connectivity index (χ3n) is 8.63. The van der Waals surface area contributed by atoms with Crippen LogP contribution in [-0.4, -0.2) is 80.5 Å². The molecule has 3 atom stereocenters. The fraction of sp³-hybridized carbons (Fsp3) is 0.424. The van der Waals surface area contributed by atoms with Crippen molar-refractivity contribution in [2.45, 2.75) is 69.7 Å².